The highest BCUT2D eigenvalue weighted by molar-refractivity contribution is 7.11. The molecule has 1 fully saturated rings. The van der Waals surface area contributed by atoms with E-state index in [4.69, 9.17) is 0 Å². The van der Waals surface area contributed by atoms with Gasteiger partial charge in [0.2, 0.25) is 0 Å². The summed E-state index contributed by atoms with van der Waals surface area (Å²) in [6.45, 7) is 6.37. The van der Waals surface area contributed by atoms with Crippen LogP contribution in [-0.4, -0.2) is 44.6 Å². The third kappa shape index (κ3) is 3.90. The summed E-state index contributed by atoms with van der Waals surface area (Å²) in [6.07, 6.45) is 8.51. The maximum Gasteiger partial charge on any atom is 0.317 e. The Labute approximate surface area is 140 Å². The molecule has 0 radical (unpaired) electrons. The molecule has 124 valence electrons. The van der Waals surface area contributed by atoms with E-state index in [1.165, 1.54) is 4.88 Å². The van der Waals surface area contributed by atoms with Crippen molar-refractivity contribution >= 4 is 17.4 Å². The molecule has 2 amide bonds. The van der Waals surface area contributed by atoms with E-state index in [1.54, 1.807) is 17.5 Å². The normalized spacial score (nSPS) is 17.7. The average Bonchev–Trinajstić information content (AvgIpc) is 3.22. The van der Waals surface area contributed by atoms with Crippen molar-refractivity contribution < 1.29 is 4.79 Å². The molecule has 0 unspecified atom stereocenters. The maximum atomic E-state index is 12.4. The van der Waals surface area contributed by atoms with Gasteiger partial charge in [-0.25, -0.2) is 14.8 Å². The lowest BCUT2D eigenvalue weighted by Gasteiger charge is -2.25. The van der Waals surface area contributed by atoms with Crippen molar-refractivity contribution in [1.29, 1.82) is 0 Å². The Morgan fingerprint density at radius 2 is 2.35 bits per heavy atom. The van der Waals surface area contributed by atoms with Crippen LogP contribution in [0.2, 0.25) is 0 Å². The molecule has 2 aromatic heterocycles. The van der Waals surface area contributed by atoms with E-state index in [-0.39, 0.29) is 12.1 Å². The first-order chi connectivity index (χ1) is 11.1. The number of amides is 2. The number of nitrogens with zero attached hydrogens (tertiary/aromatic N) is 4. The van der Waals surface area contributed by atoms with Gasteiger partial charge in [0.15, 0.2) is 0 Å². The van der Waals surface area contributed by atoms with Gasteiger partial charge in [-0.3, -0.25) is 0 Å². The maximum absolute atomic E-state index is 12.4. The number of hydrogen-bond acceptors (Lipinski definition) is 4. The van der Waals surface area contributed by atoms with Crippen LogP contribution in [0.1, 0.15) is 28.4 Å². The monoisotopic (exact) mass is 333 g/mol. The molecule has 0 aromatic carbocycles. The number of nitrogens with one attached hydrogen (secondary N) is 1. The van der Waals surface area contributed by atoms with Gasteiger partial charge in [-0.05, 0) is 26.7 Å². The molecule has 0 aliphatic carbocycles. The molecule has 0 bridgehead atoms. The molecule has 6 nitrogen and oxygen atoms in total. The molecule has 1 saturated heterocycles. The fraction of sp³-hybridized carbons (Fsp3) is 0.562. The highest BCUT2D eigenvalue weighted by atomic mass is 32.1. The zero-order valence-electron chi connectivity index (χ0n) is 13.7. The Balaban J connectivity index is 1.50. The first-order valence-electron chi connectivity index (χ1n) is 8.06. The molecule has 1 aliphatic heterocycles. The van der Waals surface area contributed by atoms with Crippen molar-refractivity contribution in [1.82, 2.24) is 24.8 Å². The van der Waals surface area contributed by atoms with Crippen LogP contribution < -0.4 is 5.32 Å². The van der Waals surface area contributed by atoms with E-state index in [9.17, 15) is 4.79 Å². The summed E-state index contributed by atoms with van der Waals surface area (Å²) in [5.74, 6) is 0. The third-order valence-corrected chi connectivity index (χ3v) is 5.38. The molecule has 0 saturated carbocycles. The lowest BCUT2D eigenvalue weighted by Crippen LogP contribution is -2.44. The summed E-state index contributed by atoms with van der Waals surface area (Å²) in [7, 11) is 0. The molecule has 2 aromatic rings. The zero-order valence-corrected chi connectivity index (χ0v) is 14.5. The number of thiazole rings is 1. The number of urea groups is 1. The topological polar surface area (TPSA) is 63.1 Å². The van der Waals surface area contributed by atoms with Crippen LogP contribution in [0.15, 0.2) is 18.7 Å². The molecule has 23 heavy (non-hydrogen) atoms. The second-order valence-electron chi connectivity index (χ2n) is 5.97. The van der Waals surface area contributed by atoms with Crippen molar-refractivity contribution in [3.8, 4) is 0 Å². The van der Waals surface area contributed by atoms with Crippen molar-refractivity contribution in [3.05, 3.63) is 34.3 Å². The van der Waals surface area contributed by atoms with Crippen molar-refractivity contribution in [2.75, 3.05) is 13.1 Å². The first-order valence-corrected chi connectivity index (χ1v) is 8.88. The van der Waals surface area contributed by atoms with Gasteiger partial charge < -0.3 is 14.8 Å². The Hall–Kier alpha value is -1.89. The highest BCUT2D eigenvalue weighted by Gasteiger charge is 2.28. The van der Waals surface area contributed by atoms with Crippen molar-refractivity contribution in [2.24, 2.45) is 0 Å². The number of aromatic nitrogens is 3. The summed E-state index contributed by atoms with van der Waals surface area (Å²) in [6, 6.07) is 0.308. The summed E-state index contributed by atoms with van der Waals surface area (Å²) < 4.78 is 2.04. The SMILES string of the molecule is Cc1nc(C)c(CCNC(=O)N2CCC[C@H]2Cn2ccnc2)s1. The van der Waals surface area contributed by atoms with E-state index >= 15 is 0 Å². The molecule has 7 heteroatoms. The van der Waals surface area contributed by atoms with Gasteiger partial charge in [-0.2, -0.15) is 0 Å². The van der Waals surface area contributed by atoms with Crippen molar-refractivity contribution in [2.45, 2.75) is 45.7 Å². The molecule has 0 spiro atoms. The van der Waals surface area contributed by atoms with Gasteiger partial charge in [0.1, 0.15) is 0 Å². The van der Waals surface area contributed by atoms with Crippen LogP contribution in [0.4, 0.5) is 4.79 Å². The van der Waals surface area contributed by atoms with E-state index in [0.717, 1.165) is 43.1 Å². The lowest BCUT2D eigenvalue weighted by molar-refractivity contribution is 0.187. The molecule has 1 aliphatic rings. The van der Waals surface area contributed by atoms with Gasteiger partial charge in [-0.1, -0.05) is 0 Å². The number of carbonyl (C=O) groups is 1. The van der Waals surface area contributed by atoms with Crippen LogP contribution in [-0.2, 0) is 13.0 Å². The van der Waals surface area contributed by atoms with E-state index in [0.29, 0.717) is 6.54 Å². The van der Waals surface area contributed by atoms with Crippen LogP contribution in [0.25, 0.3) is 0 Å². The zero-order chi connectivity index (χ0) is 16.2. The molecule has 3 rings (SSSR count). The third-order valence-electron chi connectivity index (χ3n) is 4.25. The number of aryl methyl sites for hydroxylation is 2. The van der Waals surface area contributed by atoms with E-state index in [2.05, 4.69) is 15.3 Å². The van der Waals surface area contributed by atoms with Gasteiger partial charge in [0.05, 0.1) is 23.1 Å². The fourth-order valence-corrected chi connectivity index (χ4v) is 4.06. The van der Waals surface area contributed by atoms with Crippen molar-refractivity contribution in [3.63, 3.8) is 0 Å². The minimum Gasteiger partial charge on any atom is -0.338 e. The van der Waals surface area contributed by atoms with E-state index in [1.807, 2.05) is 35.8 Å². The number of carbonyl (C=O) groups excluding carboxylic acids is 1. The van der Waals surface area contributed by atoms with Gasteiger partial charge in [-0.15, -0.1) is 11.3 Å². The average molecular weight is 333 g/mol. The summed E-state index contributed by atoms with van der Waals surface area (Å²) in [5, 5.41) is 4.15. The standard InChI is InChI=1S/C16H23N5OS/c1-12-15(23-13(2)19-12)5-6-18-16(22)21-8-3-4-14(21)10-20-9-7-17-11-20/h7,9,11,14H,3-6,8,10H2,1-2H3,(H,18,22)/t14-/m0/s1. The smallest absolute Gasteiger partial charge is 0.317 e. The Morgan fingerprint density at radius 1 is 1.48 bits per heavy atom. The Kier molecular flexibility index (Phi) is 4.95. The van der Waals surface area contributed by atoms with Gasteiger partial charge in [0.25, 0.3) is 0 Å². The van der Waals surface area contributed by atoms with Crippen LogP contribution in [0.5, 0.6) is 0 Å². The molecule has 1 N–H and O–H groups in total. The number of imidazole rings is 1. The Morgan fingerprint density at radius 3 is 3.04 bits per heavy atom. The molecular weight excluding hydrogens is 310 g/mol. The Bertz CT molecular complexity index is 651. The number of hydrogen-bond donors (Lipinski definition) is 1. The van der Waals surface area contributed by atoms with Gasteiger partial charge >= 0.3 is 6.03 Å². The highest BCUT2D eigenvalue weighted by Crippen LogP contribution is 2.19. The predicted molar refractivity (Wildman–Crippen MR) is 90.6 cm³/mol. The van der Waals surface area contributed by atoms with Crippen LogP contribution >= 0.6 is 11.3 Å². The predicted octanol–water partition coefficient (Wildman–Crippen LogP) is 2.37. The van der Waals surface area contributed by atoms with Gasteiger partial charge in [0, 0.05) is 43.3 Å². The molecule has 3 heterocycles. The lowest BCUT2D eigenvalue weighted by atomic mass is 10.2. The van der Waals surface area contributed by atoms with Crippen LogP contribution in [0.3, 0.4) is 0 Å². The molecular formula is C16H23N5OS. The first kappa shape index (κ1) is 16.0. The second-order valence-corrected chi connectivity index (χ2v) is 7.26. The van der Waals surface area contributed by atoms with Crippen LogP contribution in [0, 0.1) is 13.8 Å². The fourth-order valence-electron chi connectivity index (χ4n) is 3.12. The quantitative estimate of drug-likeness (QED) is 0.914. The summed E-state index contributed by atoms with van der Waals surface area (Å²) in [5.41, 5.74) is 1.08. The molecule has 1 atom stereocenters. The number of likely N-dealkylation sites (tertiary alicyclic amines) is 1. The minimum atomic E-state index is 0.0477. The largest absolute Gasteiger partial charge is 0.338 e. The summed E-state index contributed by atoms with van der Waals surface area (Å²) in [4.78, 5) is 24.2. The summed E-state index contributed by atoms with van der Waals surface area (Å²) >= 11 is 1.72. The minimum absolute atomic E-state index is 0.0477. The number of rotatable bonds is 5. The second kappa shape index (κ2) is 7.12. The van der Waals surface area contributed by atoms with E-state index < -0.39 is 0 Å².